The third-order valence-electron chi connectivity index (χ3n) is 5.45. The first kappa shape index (κ1) is 34.5. The van der Waals surface area contributed by atoms with Gasteiger partial charge in [0.05, 0.1) is 45.7 Å². The van der Waals surface area contributed by atoms with Crippen molar-refractivity contribution in [1.82, 2.24) is 10.2 Å². The topological polar surface area (TPSA) is 139 Å². The Balaban J connectivity index is 2.00. The molecular weight excluding hydrogens is 577 g/mol. The van der Waals surface area contributed by atoms with Gasteiger partial charge in [0.2, 0.25) is 5.91 Å². The molecular formula is C25H37F3N2O10S. The lowest BCUT2D eigenvalue weighted by atomic mass is 10.1. The lowest BCUT2D eigenvalue weighted by molar-refractivity contribution is -0.133. The summed E-state index contributed by atoms with van der Waals surface area (Å²) >= 11 is 0. The van der Waals surface area contributed by atoms with E-state index in [0.29, 0.717) is 52.6 Å². The number of carbonyl (C=O) groups excluding carboxylic acids is 2. The predicted octanol–water partition coefficient (Wildman–Crippen LogP) is 2.78. The zero-order valence-electron chi connectivity index (χ0n) is 23.4. The molecule has 234 valence electrons. The molecule has 2 rings (SSSR count). The Labute approximate surface area is 237 Å². The minimum absolute atomic E-state index is 0.170. The Bertz CT molecular complexity index is 1080. The second-order valence-electron chi connectivity index (χ2n) is 9.91. The van der Waals surface area contributed by atoms with Crippen LogP contribution in [-0.4, -0.2) is 102 Å². The van der Waals surface area contributed by atoms with Crippen LogP contribution in [0.1, 0.15) is 38.8 Å². The highest BCUT2D eigenvalue weighted by molar-refractivity contribution is 7.88. The van der Waals surface area contributed by atoms with E-state index in [2.05, 4.69) is 9.50 Å². The first-order chi connectivity index (χ1) is 19.1. The number of alkyl halides is 3. The minimum atomic E-state index is -5.88. The highest BCUT2D eigenvalue weighted by atomic mass is 32.2. The largest absolute Gasteiger partial charge is 0.534 e. The second kappa shape index (κ2) is 15.5. The summed E-state index contributed by atoms with van der Waals surface area (Å²) in [4.78, 5) is 27.4. The number of amides is 2. The van der Waals surface area contributed by atoms with E-state index in [4.69, 9.17) is 23.7 Å². The van der Waals surface area contributed by atoms with Crippen LogP contribution < -0.4 is 9.50 Å². The molecule has 1 aliphatic rings. The molecule has 1 aromatic carbocycles. The van der Waals surface area contributed by atoms with Crippen LogP contribution in [0.15, 0.2) is 24.3 Å². The molecule has 12 nitrogen and oxygen atoms in total. The Morgan fingerprint density at radius 2 is 1.59 bits per heavy atom. The van der Waals surface area contributed by atoms with E-state index in [-0.39, 0.29) is 18.2 Å². The van der Waals surface area contributed by atoms with Gasteiger partial charge in [0.25, 0.3) is 0 Å². The molecule has 1 N–H and O–H groups in total. The summed E-state index contributed by atoms with van der Waals surface area (Å²) in [5.74, 6) is -1.13. The van der Waals surface area contributed by atoms with Gasteiger partial charge >= 0.3 is 21.7 Å². The van der Waals surface area contributed by atoms with Gasteiger partial charge in [-0.3, -0.25) is 4.79 Å². The monoisotopic (exact) mass is 614 g/mol. The third-order valence-corrected chi connectivity index (χ3v) is 6.43. The number of alkyl carbamates (subject to hydrolysis) is 1. The average Bonchev–Trinajstić information content (AvgIpc) is 3.33. The molecule has 16 heteroatoms. The van der Waals surface area contributed by atoms with E-state index in [1.165, 1.54) is 17.0 Å². The van der Waals surface area contributed by atoms with Crippen molar-refractivity contribution in [2.45, 2.75) is 50.4 Å². The lowest BCUT2D eigenvalue weighted by Gasteiger charge is -2.27. The third kappa shape index (κ3) is 12.0. The summed E-state index contributed by atoms with van der Waals surface area (Å²) in [6.07, 6.45) is -0.634. The molecule has 0 aliphatic carbocycles. The van der Waals surface area contributed by atoms with Crippen LogP contribution in [0, 0.1) is 0 Å². The standard InChI is InChI=1S/C25H37F3N2O10S/c1-24(2,3)39-23(32)29-21(18-5-7-19(8-6-18)40-41(33,34)25(26,27)28)22(31)30-10-9-20(17-30)38-16-15-37-14-13-36-12-11-35-4/h5-8,20-21H,9-17H2,1-4H3,(H,29,32). The molecule has 1 aromatic rings. The molecule has 1 heterocycles. The molecule has 1 saturated heterocycles. The van der Waals surface area contributed by atoms with Crippen LogP contribution in [-0.2, 0) is 38.6 Å². The number of carbonyl (C=O) groups is 2. The maximum atomic E-state index is 13.4. The normalized spacial score (nSPS) is 16.9. The van der Waals surface area contributed by atoms with Gasteiger partial charge in [0, 0.05) is 20.2 Å². The Hall–Kier alpha value is -2.66. The SMILES string of the molecule is COCCOCCOCCOC1CCN(C(=O)C(NC(=O)OC(C)(C)C)c2ccc(OS(=O)(=O)C(F)(F)F)cc2)C1. The van der Waals surface area contributed by atoms with Crippen LogP contribution in [0.4, 0.5) is 18.0 Å². The van der Waals surface area contributed by atoms with Crippen molar-refractivity contribution >= 4 is 22.1 Å². The number of nitrogens with one attached hydrogen (secondary N) is 1. The molecule has 41 heavy (non-hydrogen) atoms. The molecule has 0 radical (unpaired) electrons. The van der Waals surface area contributed by atoms with Crippen molar-refractivity contribution in [3.05, 3.63) is 29.8 Å². The van der Waals surface area contributed by atoms with Crippen molar-refractivity contribution in [2.75, 3.05) is 59.8 Å². The van der Waals surface area contributed by atoms with E-state index >= 15 is 0 Å². The van der Waals surface area contributed by atoms with Gasteiger partial charge in [-0.05, 0) is 44.9 Å². The fourth-order valence-corrected chi connectivity index (χ4v) is 4.05. The summed E-state index contributed by atoms with van der Waals surface area (Å²) in [5.41, 5.74) is -6.31. The molecule has 0 spiro atoms. The van der Waals surface area contributed by atoms with E-state index in [1.807, 2.05) is 0 Å². The number of ether oxygens (including phenoxy) is 5. The zero-order chi connectivity index (χ0) is 30.7. The minimum Gasteiger partial charge on any atom is -0.444 e. The summed E-state index contributed by atoms with van der Waals surface area (Å²) in [6.45, 7) is 7.89. The number of benzene rings is 1. The Morgan fingerprint density at radius 1 is 1.00 bits per heavy atom. The molecule has 0 aromatic heterocycles. The molecule has 0 bridgehead atoms. The van der Waals surface area contributed by atoms with E-state index in [1.54, 1.807) is 27.9 Å². The van der Waals surface area contributed by atoms with Gasteiger partial charge < -0.3 is 38.1 Å². The fraction of sp³-hybridized carbons (Fsp3) is 0.680. The highest BCUT2D eigenvalue weighted by Gasteiger charge is 2.48. The predicted molar refractivity (Wildman–Crippen MR) is 139 cm³/mol. The highest BCUT2D eigenvalue weighted by Crippen LogP contribution is 2.28. The van der Waals surface area contributed by atoms with Crippen molar-refractivity contribution in [3.8, 4) is 5.75 Å². The Morgan fingerprint density at radius 3 is 2.15 bits per heavy atom. The first-order valence-electron chi connectivity index (χ1n) is 12.8. The molecule has 1 aliphatic heterocycles. The first-order valence-corrected chi connectivity index (χ1v) is 14.2. The fourth-order valence-electron chi connectivity index (χ4n) is 3.59. The number of likely N-dealkylation sites (tertiary alicyclic amines) is 1. The molecule has 0 saturated carbocycles. The van der Waals surface area contributed by atoms with Crippen molar-refractivity contribution in [1.29, 1.82) is 0 Å². The summed E-state index contributed by atoms with van der Waals surface area (Å²) in [5, 5.41) is 2.49. The second-order valence-corrected chi connectivity index (χ2v) is 11.5. The van der Waals surface area contributed by atoms with Crippen molar-refractivity contribution < 1.29 is 59.0 Å². The van der Waals surface area contributed by atoms with Crippen LogP contribution in [0.5, 0.6) is 5.75 Å². The maximum absolute atomic E-state index is 13.4. The van der Waals surface area contributed by atoms with Gasteiger partial charge in [-0.2, -0.15) is 21.6 Å². The molecule has 2 amide bonds. The number of hydrogen-bond acceptors (Lipinski definition) is 10. The van der Waals surface area contributed by atoms with E-state index in [0.717, 1.165) is 12.1 Å². The van der Waals surface area contributed by atoms with Crippen LogP contribution in [0.25, 0.3) is 0 Å². The van der Waals surface area contributed by atoms with Gasteiger partial charge in [-0.15, -0.1) is 0 Å². The zero-order valence-corrected chi connectivity index (χ0v) is 24.2. The number of methoxy groups -OCH3 is 1. The van der Waals surface area contributed by atoms with Crippen LogP contribution in [0.2, 0.25) is 0 Å². The lowest BCUT2D eigenvalue weighted by Crippen LogP contribution is -2.44. The van der Waals surface area contributed by atoms with Crippen molar-refractivity contribution in [2.24, 2.45) is 0 Å². The summed E-state index contributed by atoms with van der Waals surface area (Å²) in [6, 6.07) is 2.99. The van der Waals surface area contributed by atoms with Crippen LogP contribution in [0.3, 0.4) is 0 Å². The van der Waals surface area contributed by atoms with Crippen molar-refractivity contribution in [3.63, 3.8) is 0 Å². The average molecular weight is 615 g/mol. The van der Waals surface area contributed by atoms with Gasteiger partial charge in [0.15, 0.2) is 0 Å². The van der Waals surface area contributed by atoms with Crippen LogP contribution >= 0.6 is 0 Å². The smallest absolute Gasteiger partial charge is 0.444 e. The number of nitrogens with zero attached hydrogens (tertiary/aromatic N) is 1. The van der Waals surface area contributed by atoms with E-state index in [9.17, 15) is 31.2 Å². The van der Waals surface area contributed by atoms with E-state index < -0.39 is 45.0 Å². The maximum Gasteiger partial charge on any atom is 0.534 e. The summed E-state index contributed by atoms with van der Waals surface area (Å²) < 4.78 is 91.3. The Kier molecular flexibility index (Phi) is 13.1. The molecule has 1 fully saturated rings. The summed E-state index contributed by atoms with van der Waals surface area (Å²) in [7, 11) is -4.29. The molecule has 2 atom stereocenters. The van der Waals surface area contributed by atoms with Gasteiger partial charge in [0.1, 0.15) is 17.4 Å². The van der Waals surface area contributed by atoms with Gasteiger partial charge in [-0.25, -0.2) is 4.79 Å². The quantitative estimate of drug-likeness (QED) is 0.178. The van der Waals surface area contributed by atoms with Gasteiger partial charge in [-0.1, -0.05) is 12.1 Å². The number of rotatable bonds is 15. The molecule has 2 unspecified atom stereocenters. The number of halogens is 3. The number of hydrogen-bond donors (Lipinski definition) is 1.